The lowest BCUT2D eigenvalue weighted by Gasteiger charge is -2.05. The Hall–Kier alpha value is -2.83. The van der Waals surface area contributed by atoms with E-state index in [1.807, 2.05) is 0 Å². The fourth-order valence-electron chi connectivity index (χ4n) is 1.81. The van der Waals surface area contributed by atoms with Crippen LogP contribution < -0.4 is 5.32 Å². The standard InChI is InChI=1S/C13H8F2N4O/c14-8-4-3-5-9(15)11(8)12(20)16-13-18-17-10-6-1-2-7-19(10)13/h1-7H,(H,16,18,20). The molecule has 0 radical (unpaired) electrons. The maximum absolute atomic E-state index is 13.5. The highest BCUT2D eigenvalue weighted by Gasteiger charge is 2.18. The predicted octanol–water partition coefficient (Wildman–Crippen LogP) is 2.26. The van der Waals surface area contributed by atoms with Gasteiger partial charge in [-0.25, -0.2) is 8.78 Å². The van der Waals surface area contributed by atoms with Crippen molar-refractivity contribution in [3.8, 4) is 0 Å². The molecular formula is C13H8F2N4O. The number of nitrogens with zero attached hydrogens (tertiary/aromatic N) is 3. The molecule has 0 saturated heterocycles. The molecule has 20 heavy (non-hydrogen) atoms. The van der Waals surface area contributed by atoms with Crippen molar-refractivity contribution in [1.82, 2.24) is 14.6 Å². The number of anilines is 1. The van der Waals surface area contributed by atoms with Crippen LogP contribution in [0.3, 0.4) is 0 Å². The number of carbonyl (C=O) groups is 1. The molecule has 0 atom stereocenters. The van der Waals surface area contributed by atoms with Gasteiger partial charge in [0.05, 0.1) is 0 Å². The van der Waals surface area contributed by atoms with Crippen LogP contribution in [0.1, 0.15) is 10.4 Å². The molecule has 0 unspecified atom stereocenters. The second-order valence-electron chi connectivity index (χ2n) is 4.00. The van der Waals surface area contributed by atoms with Gasteiger partial charge in [0, 0.05) is 6.20 Å². The fraction of sp³-hybridized carbons (Fsp3) is 0. The molecule has 1 aromatic carbocycles. The second-order valence-corrected chi connectivity index (χ2v) is 4.00. The largest absolute Gasteiger partial charge is 0.290 e. The summed E-state index contributed by atoms with van der Waals surface area (Å²) in [7, 11) is 0. The number of halogens is 2. The summed E-state index contributed by atoms with van der Waals surface area (Å²) in [5.41, 5.74) is -0.142. The van der Waals surface area contributed by atoms with E-state index in [2.05, 4.69) is 15.5 Å². The highest BCUT2D eigenvalue weighted by molar-refractivity contribution is 6.03. The highest BCUT2D eigenvalue weighted by atomic mass is 19.1. The van der Waals surface area contributed by atoms with Gasteiger partial charge in [0.25, 0.3) is 5.91 Å². The van der Waals surface area contributed by atoms with Crippen LogP contribution in [-0.2, 0) is 0 Å². The minimum atomic E-state index is -0.934. The average Bonchev–Trinajstić information content (AvgIpc) is 2.82. The molecule has 7 heteroatoms. The van der Waals surface area contributed by atoms with E-state index in [0.29, 0.717) is 5.65 Å². The van der Waals surface area contributed by atoms with Gasteiger partial charge in [0.1, 0.15) is 17.2 Å². The van der Waals surface area contributed by atoms with E-state index in [4.69, 9.17) is 0 Å². The first-order chi connectivity index (χ1) is 9.66. The Kier molecular flexibility index (Phi) is 2.86. The van der Waals surface area contributed by atoms with E-state index in [-0.39, 0.29) is 5.95 Å². The summed E-state index contributed by atoms with van der Waals surface area (Å²) in [5, 5.41) is 9.91. The normalized spacial score (nSPS) is 10.7. The number of pyridine rings is 1. The molecule has 0 aliphatic carbocycles. The number of fused-ring (bicyclic) bond motifs is 1. The van der Waals surface area contributed by atoms with Gasteiger partial charge >= 0.3 is 0 Å². The summed E-state index contributed by atoms with van der Waals surface area (Å²) >= 11 is 0. The van der Waals surface area contributed by atoms with Crippen molar-refractivity contribution in [3.05, 3.63) is 59.8 Å². The molecule has 2 aromatic heterocycles. The summed E-state index contributed by atoms with van der Waals surface area (Å²) in [4.78, 5) is 11.9. The molecule has 5 nitrogen and oxygen atoms in total. The van der Waals surface area contributed by atoms with Gasteiger partial charge in [-0.3, -0.25) is 14.5 Å². The molecule has 1 amide bonds. The van der Waals surface area contributed by atoms with Crippen molar-refractivity contribution < 1.29 is 13.6 Å². The number of nitrogens with one attached hydrogen (secondary N) is 1. The fourth-order valence-corrected chi connectivity index (χ4v) is 1.81. The van der Waals surface area contributed by atoms with E-state index in [1.165, 1.54) is 10.5 Å². The number of hydrogen-bond donors (Lipinski definition) is 1. The lowest BCUT2D eigenvalue weighted by atomic mass is 10.2. The van der Waals surface area contributed by atoms with Crippen molar-refractivity contribution in [1.29, 1.82) is 0 Å². The van der Waals surface area contributed by atoms with Gasteiger partial charge in [-0.05, 0) is 24.3 Å². The van der Waals surface area contributed by atoms with Crippen LogP contribution in [0.25, 0.3) is 5.65 Å². The molecule has 0 saturated carbocycles. The minimum absolute atomic E-state index is 0.0910. The molecular weight excluding hydrogens is 266 g/mol. The van der Waals surface area contributed by atoms with Crippen molar-refractivity contribution >= 4 is 17.5 Å². The molecule has 0 spiro atoms. The zero-order chi connectivity index (χ0) is 14.1. The van der Waals surface area contributed by atoms with E-state index >= 15 is 0 Å². The Labute approximate surface area is 111 Å². The van der Waals surface area contributed by atoms with Crippen LogP contribution in [-0.4, -0.2) is 20.5 Å². The average molecular weight is 274 g/mol. The topological polar surface area (TPSA) is 59.3 Å². The quantitative estimate of drug-likeness (QED) is 0.779. The monoisotopic (exact) mass is 274 g/mol. The third-order valence-corrected chi connectivity index (χ3v) is 2.73. The molecule has 100 valence electrons. The van der Waals surface area contributed by atoms with E-state index < -0.39 is 23.1 Å². The number of amides is 1. The SMILES string of the molecule is O=C(Nc1nnc2ccccn12)c1c(F)cccc1F. The van der Waals surface area contributed by atoms with Crippen molar-refractivity contribution in [2.75, 3.05) is 5.32 Å². The first-order valence-corrected chi connectivity index (χ1v) is 5.72. The maximum Gasteiger partial charge on any atom is 0.263 e. The van der Waals surface area contributed by atoms with Gasteiger partial charge in [0.15, 0.2) is 5.65 Å². The summed E-state index contributed by atoms with van der Waals surface area (Å²) in [5.74, 6) is -2.69. The van der Waals surface area contributed by atoms with Crippen LogP contribution in [0.2, 0.25) is 0 Å². The Morgan fingerprint density at radius 2 is 1.80 bits per heavy atom. The lowest BCUT2D eigenvalue weighted by molar-refractivity contribution is 0.101. The smallest absolute Gasteiger partial charge is 0.263 e. The predicted molar refractivity (Wildman–Crippen MR) is 67.3 cm³/mol. The third-order valence-electron chi connectivity index (χ3n) is 2.73. The summed E-state index contributed by atoms with van der Waals surface area (Å²) in [6.45, 7) is 0. The van der Waals surface area contributed by atoms with E-state index in [9.17, 15) is 13.6 Å². The van der Waals surface area contributed by atoms with Crippen LogP contribution in [0.4, 0.5) is 14.7 Å². The first-order valence-electron chi connectivity index (χ1n) is 5.72. The van der Waals surface area contributed by atoms with Crippen molar-refractivity contribution in [3.63, 3.8) is 0 Å². The molecule has 2 heterocycles. The lowest BCUT2D eigenvalue weighted by Crippen LogP contribution is -2.17. The Morgan fingerprint density at radius 3 is 2.55 bits per heavy atom. The molecule has 0 aliphatic rings. The van der Waals surface area contributed by atoms with E-state index in [1.54, 1.807) is 24.4 Å². The molecule has 0 bridgehead atoms. The van der Waals surface area contributed by atoms with Crippen LogP contribution >= 0.6 is 0 Å². The summed E-state index contributed by atoms with van der Waals surface area (Å²) < 4.78 is 28.5. The number of hydrogen-bond acceptors (Lipinski definition) is 3. The molecule has 3 rings (SSSR count). The Morgan fingerprint density at radius 1 is 1.05 bits per heavy atom. The van der Waals surface area contributed by atoms with E-state index in [0.717, 1.165) is 12.1 Å². The minimum Gasteiger partial charge on any atom is -0.290 e. The van der Waals surface area contributed by atoms with Gasteiger partial charge in [-0.15, -0.1) is 10.2 Å². The molecule has 1 N–H and O–H groups in total. The number of carbonyl (C=O) groups excluding carboxylic acids is 1. The second kappa shape index (κ2) is 4.69. The van der Waals surface area contributed by atoms with Gasteiger partial charge in [0.2, 0.25) is 5.95 Å². The maximum atomic E-state index is 13.5. The van der Waals surface area contributed by atoms with Gasteiger partial charge < -0.3 is 0 Å². The zero-order valence-corrected chi connectivity index (χ0v) is 10.0. The van der Waals surface area contributed by atoms with Crippen molar-refractivity contribution in [2.45, 2.75) is 0 Å². The van der Waals surface area contributed by atoms with Gasteiger partial charge in [-0.1, -0.05) is 12.1 Å². The van der Waals surface area contributed by atoms with Crippen LogP contribution in [0.5, 0.6) is 0 Å². The summed E-state index contributed by atoms with van der Waals surface area (Å²) in [6.07, 6.45) is 1.63. The Bertz CT molecular complexity index is 780. The third kappa shape index (κ3) is 1.99. The molecule has 3 aromatic rings. The molecule has 0 fully saturated rings. The number of aromatic nitrogens is 3. The van der Waals surface area contributed by atoms with Gasteiger partial charge in [-0.2, -0.15) is 0 Å². The summed E-state index contributed by atoms with van der Waals surface area (Å²) in [6, 6.07) is 8.38. The molecule has 0 aliphatic heterocycles. The zero-order valence-electron chi connectivity index (χ0n) is 10.0. The van der Waals surface area contributed by atoms with Crippen LogP contribution in [0.15, 0.2) is 42.6 Å². The highest BCUT2D eigenvalue weighted by Crippen LogP contribution is 2.15. The Balaban J connectivity index is 1.97. The number of rotatable bonds is 2. The number of benzene rings is 1. The van der Waals surface area contributed by atoms with Crippen molar-refractivity contribution in [2.24, 2.45) is 0 Å². The first kappa shape index (κ1) is 12.2. The van der Waals surface area contributed by atoms with Crippen LogP contribution in [0, 0.1) is 11.6 Å².